The number of carbonyl (C=O) groups excluding carboxylic acids is 1. The lowest BCUT2D eigenvalue weighted by Gasteiger charge is -2.12. The largest absolute Gasteiger partial charge is 0.376 e. The SMILES string of the molecule is CCCc1nc2c(C)cc(NCC(=O)NC)cc2n1Cc1ccc(-c2ccccc2-c2nnn[nH]2)cc1. The molecule has 37 heavy (non-hydrogen) atoms. The molecule has 1 amide bonds. The maximum absolute atomic E-state index is 11.7. The summed E-state index contributed by atoms with van der Waals surface area (Å²) in [5, 5.41) is 20.3. The minimum Gasteiger partial charge on any atom is -0.376 e. The molecule has 9 heteroatoms. The van der Waals surface area contributed by atoms with E-state index in [0.717, 1.165) is 57.6 Å². The number of imidazole rings is 1. The summed E-state index contributed by atoms with van der Waals surface area (Å²) in [6, 6.07) is 20.8. The first-order valence-electron chi connectivity index (χ1n) is 12.4. The number of nitrogens with one attached hydrogen (secondary N) is 3. The Morgan fingerprint density at radius 2 is 1.84 bits per heavy atom. The molecule has 0 atom stereocenters. The molecule has 2 aromatic heterocycles. The average molecular weight is 495 g/mol. The van der Waals surface area contributed by atoms with Crippen molar-refractivity contribution in [2.24, 2.45) is 0 Å². The van der Waals surface area contributed by atoms with Gasteiger partial charge in [-0.1, -0.05) is 55.5 Å². The molecule has 0 bridgehead atoms. The Balaban J connectivity index is 1.47. The number of amides is 1. The fourth-order valence-corrected chi connectivity index (χ4v) is 4.59. The van der Waals surface area contributed by atoms with E-state index in [1.54, 1.807) is 7.05 Å². The third-order valence-corrected chi connectivity index (χ3v) is 6.46. The van der Waals surface area contributed by atoms with Gasteiger partial charge in [0.25, 0.3) is 0 Å². The van der Waals surface area contributed by atoms with Crippen LogP contribution in [0.25, 0.3) is 33.5 Å². The van der Waals surface area contributed by atoms with Crippen LogP contribution in [0.3, 0.4) is 0 Å². The highest BCUT2D eigenvalue weighted by Gasteiger charge is 2.15. The number of nitrogens with zero attached hydrogens (tertiary/aromatic N) is 5. The molecule has 5 rings (SSSR count). The minimum absolute atomic E-state index is 0.0563. The second-order valence-corrected chi connectivity index (χ2v) is 9.04. The van der Waals surface area contributed by atoms with E-state index in [1.165, 1.54) is 5.56 Å². The molecule has 0 aliphatic carbocycles. The Hall–Kier alpha value is -4.53. The van der Waals surface area contributed by atoms with Gasteiger partial charge in [-0.2, -0.15) is 0 Å². The van der Waals surface area contributed by atoms with Gasteiger partial charge >= 0.3 is 0 Å². The Labute approximate surface area is 215 Å². The average Bonchev–Trinajstić information content (AvgIpc) is 3.57. The number of rotatable bonds is 9. The van der Waals surface area contributed by atoms with E-state index in [9.17, 15) is 4.79 Å². The molecule has 0 spiro atoms. The first kappa shape index (κ1) is 24.2. The summed E-state index contributed by atoms with van der Waals surface area (Å²) in [6.45, 7) is 5.17. The van der Waals surface area contributed by atoms with Crippen molar-refractivity contribution in [2.75, 3.05) is 18.9 Å². The van der Waals surface area contributed by atoms with E-state index in [2.05, 4.69) is 92.1 Å². The summed E-state index contributed by atoms with van der Waals surface area (Å²) in [5.41, 5.74) is 8.36. The first-order valence-corrected chi connectivity index (χ1v) is 12.4. The number of tetrazole rings is 1. The van der Waals surface area contributed by atoms with Crippen molar-refractivity contribution in [3.05, 3.63) is 77.6 Å². The fourth-order valence-electron chi connectivity index (χ4n) is 4.59. The monoisotopic (exact) mass is 494 g/mol. The summed E-state index contributed by atoms with van der Waals surface area (Å²) < 4.78 is 2.29. The molecule has 2 heterocycles. The molecule has 0 unspecified atom stereocenters. The lowest BCUT2D eigenvalue weighted by Crippen LogP contribution is -2.26. The normalized spacial score (nSPS) is 11.1. The van der Waals surface area contributed by atoms with E-state index in [0.29, 0.717) is 12.4 Å². The standard InChI is InChI=1S/C28H30N8O/c1-4-7-25-31-27-18(2)14-21(30-16-26(37)29-3)15-24(27)36(25)17-19-10-12-20(13-11-19)22-8-5-6-9-23(22)28-32-34-35-33-28/h5-6,8-15,30H,4,7,16-17H2,1-3H3,(H,29,37)(H,32,33,34,35). The fraction of sp³-hybridized carbons (Fsp3) is 0.250. The predicted molar refractivity (Wildman–Crippen MR) is 145 cm³/mol. The van der Waals surface area contributed by atoms with E-state index < -0.39 is 0 Å². The van der Waals surface area contributed by atoms with Gasteiger partial charge in [-0.25, -0.2) is 10.1 Å². The third kappa shape index (κ3) is 5.06. The van der Waals surface area contributed by atoms with Crippen LogP contribution in [0.1, 0.15) is 30.3 Å². The molecule has 0 aliphatic heterocycles. The summed E-state index contributed by atoms with van der Waals surface area (Å²) in [5.74, 6) is 1.65. The number of anilines is 1. The number of aryl methyl sites for hydroxylation is 2. The lowest BCUT2D eigenvalue weighted by atomic mass is 9.98. The topological polar surface area (TPSA) is 113 Å². The van der Waals surface area contributed by atoms with Crippen LogP contribution in [-0.4, -0.2) is 49.7 Å². The van der Waals surface area contributed by atoms with Gasteiger partial charge in [-0.3, -0.25) is 4.79 Å². The molecule has 0 aliphatic rings. The van der Waals surface area contributed by atoms with E-state index in [1.807, 2.05) is 18.2 Å². The van der Waals surface area contributed by atoms with Crippen LogP contribution in [0.5, 0.6) is 0 Å². The van der Waals surface area contributed by atoms with Gasteiger partial charge in [-0.05, 0) is 58.2 Å². The Morgan fingerprint density at radius 3 is 2.54 bits per heavy atom. The van der Waals surface area contributed by atoms with Crippen molar-refractivity contribution in [1.82, 2.24) is 35.5 Å². The summed E-state index contributed by atoms with van der Waals surface area (Å²) in [7, 11) is 1.64. The molecule has 3 aromatic carbocycles. The van der Waals surface area contributed by atoms with Gasteiger partial charge in [0.15, 0.2) is 5.82 Å². The van der Waals surface area contributed by atoms with Gasteiger partial charge in [-0.15, -0.1) is 5.10 Å². The lowest BCUT2D eigenvalue weighted by molar-refractivity contribution is -0.118. The number of aromatic nitrogens is 6. The summed E-state index contributed by atoms with van der Waals surface area (Å²) >= 11 is 0. The number of likely N-dealkylation sites (N-methyl/N-ethyl adjacent to an activating group) is 1. The highest BCUT2D eigenvalue weighted by atomic mass is 16.1. The van der Waals surface area contributed by atoms with E-state index in [-0.39, 0.29) is 12.5 Å². The van der Waals surface area contributed by atoms with Crippen LogP contribution >= 0.6 is 0 Å². The van der Waals surface area contributed by atoms with Crippen molar-refractivity contribution >= 4 is 22.6 Å². The minimum atomic E-state index is -0.0563. The molecule has 9 nitrogen and oxygen atoms in total. The predicted octanol–water partition coefficient (Wildman–Crippen LogP) is 4.35. The Kier molecular flexibility index (Phi) is 6.93. The van der Waals surface area contributed by atoms with Gasteiger partial charge in [0.2, 0.25) is 5.91 Å². The summed E-state index contributed by atoms with van der Waals surface area (Å²) in [4.78, 5) is 16.7. The van der Waals surface area contributed by atoms with Crippen LogP contribution in [-0.2, 0) is 17.8 Å². The van der Waals surface area contributed by atoms with Crippen LogP contribution < -0.4 is 10.6 Å². The zero-order valence-electron chi connectivity index (χ0n) is 21.2. The zero-order chi connectivity index (χ0) is 25.8. The highest BCUT2D eigenvalue weighted by molar-refractivity contribution is 5.86. The van der Waals surface area contributed by atoms with E-state index >= 15 is 0 Å². The van der Waals surface area contributed by atoms with Crippen molar-refractivity contribution in [3.8, 4) is 22.5 Å². The van der Waals surface area contributed by atoms with Crippen LogP contribution in [0.15, 0.2) is 60.7 Å². The molecule has 0 radical (unpaired) electrons. The molecule has 188 valence electrons. The smallest absolute Gasteiger partial charge is 0.239 e. The molecule has 5 aromatic rings. The maximum atomic E-state index is 11.7. The van der Waals surface area contributed by atoms with Crippen molar-refractivity contribution in [1.29, 1.82) is 0 Å². The number of H-pyrrole nitrogens is 1. The number of benzene rings is 3. The molecular formula is C28H30N8O. The Morgan fingerprint density at radius 1 is 1.05 bits per heavy atom. The van der Waals surface area contributed by atoms with E-state index in [4.69, 9.17) is 4.98 Å². The summed E-state index contributed by atoms with van der Waals surface area (Å²) in [6.07, 6.45) is 1.90. The van der Waals surface area contributed by atoms with Gasteiger partial charge in [0, 0.05) is 31.3 Å². The number of carbonyl (C=O) groups is 1. The number of fused-ring (bicyclic) bond motifs is 1. The second-order valence-electron chi connectivity index (χ2n) is 9.04. The highest BCUT2D eigenvalue weighted by Crippen LogP contribution is 2.31. The van der Waals surface area contributed by atoms with Gasteiger partial charge in [0.1, 0.15) is 5.82 Å². The van der Waals surface area contributed by atoms with Crippen molar-refractivity contribution in [3.63, 3.8) is 0 Å². The number of hydrogen-bond acceptors (Lipinski definition) is 6. The number of aromatic amines is 1. The van der Waals surface area contributed by atoms with Crippen LogP contribution in [0.4, 0.5) is 5.69 Å². The molecule has 3 N–H and O–H groups in total. The molecule has 0 saturated heterocycles. The van der Waals surface area contributed by atoms with Crippen molar-refractivity contribution in [2.45, 2.75) is 33.2 Å². The second kappa shape index (κ2) is 10.6. The molecule has 0 saturated carbocycles. The number of hydrogen-bond donors (Lipinski definition) is 3. The van der Waals surface area contributed by atoms with Crippen LogP contribution in [0.2, 0.25) is 0 Å². The quantitative estimate of drug-likeness (QED) is 0.281. The van der Waals surface area contributed by atoms with Gasteiger partial charge in [0.05, 0.1) is 17.6 Å². The van der Waals surface area contributed by atoms with Crippen molar-refractivity contribution < 1.29 is 4.79 Å². The molecular weight excluding hydrogens is 464 g/mol. The zero-order valence-corrected chi connectivity index (χ0v) is 21.2. The molecule has 0 fully saturated rings. The first-order chi connectivity index (χ1) is 18.1. The third-order valence-electron chi connectivity index (χ3n) is 6.46. The van der Waals surface area contributed by atoms with Gasteiger partial charge < -0.3 is 15.2 Å². The Bertz CT molecular complexity index is 1520. The van der Waals surface area contributed by atoms with Crippen LogP contribution in [0, 0.1) is 6.92 Å². The maximum Gasteiger partial charge on any atom is 0.239 e.